The Morgan fingerprint density at radius 3 is 2.14 bits per heavy atom. The minimum atomic E-state index is 0.572. The molecule has 0 aromatic heterocycles. The molecule has 0 amide bonds. The fourth-order valence-corrected chi connectivity index (χ4v) is 2.77. The predicted molar refractivity (Wildman–Crippen MR) is 95.1 cm³/mol. The summed E-state index contributed by atoms with van der Waals surface area (Å²) in [5.41, 5.74) is 2.86. The van der Waals surface area contributed by atoms with Gasteiger partial charge in [0.1, 0.15) is 0 Å². The Morgan fingerprint density at radius 1 is 0.905 bits per heavy atom. The second-order valence-corrected chi connectivity index (χ2v) is 6.73. The lowest BCUT2D eigenvalue weighted by Gasteiger charge is -2.20. The lowest BCUT2D eigenvalue weighted by Crippen LogP contribution is -2.28. The summed E-state index contributed by atoms with van der Waals surface area (Å²) in [7, 11) is 0. The van der Waals surface area contributed by atoms with Crippen molar-refractivity contribution in [3.63, 3.8) is 0 Å². The molecule has 1 atom stereocenters. The predicted octanol–water partition coefficient (Wildman–Crippen LogP) is 5.83. The second-order valence-electron chi connectivity index (χ2n) is 6.73. The van der Waals surface area contributed by atoms with E-state index in [0.29, 0.717) is 12.0 Å². The van der Waals surface area contributed by atoms with E-state index in [2.05, 4.69) is 57.3 Å². The third-order valence-corrected chi connectivity index (χ3v) is 4.23. The van der Waals surface area contributed by atoms with Gasteiger partial charge in [0, 0.05) is 12.6 Å². The summed E-state index contributed by atoms with van der Waals surface area (Å²) in [6.45, 7) is 10.0. The van der Waals surface area contributed by atoms with Gasteiger partial charge < -0.3 is 5.32 Å². The Morgan fingerprint density at radius 2 is 1.52 bits per heavy atom. The Hall–Kier alpha value is -0.820. The highest BCUT2D eigenvalue weighted by atomic mass is 14.9. The Bertz CT molecular complexity index is 353. The van der Waals surface area contributed by atoms with E-state index < -0.39 is 0 Å². The molecule has 1 heteroatoms. The van der Waals surface area contributed by atoms with Crippen molar-refractivity contribution in [3.8, 4) is 0 Å². The molecule has 1 N–H and O–H groups in total. The first kappa shape index (κ1) is 18.2. The molecular weight excluding hydrogens is 254 g/mol. The van der Waals surface area contributed by atoms with Crippen molar-refractivity contribution in [2.24, 2.45) is 0 Å². The van der Waals surface area contributed by atoms with Gasteiger partial charge in [0.2, 0.25) is 0 Å². The highest BCUT2D eigenvalue weighted by molar-refractivity contribution is 5.24. The minimum absolute atomic E-state index is 0.572. The van der Waals surface area contributed by atoms with Crippen LogP contribution in [0.5, 0.6) is 0 Å². The van der Waals surface area contributed by atoms with Crippen LogP contribution in [0.1, 0.15) is 82.8 Å². The lowest BCUT2D eigenvalue weighted by atomic mass is 9.92. The van der Waals surface area contributed by atoms with Crippen molar-refractivity contribution in [3.05, 3.63) is 35.4 Å². The summed E-state index contributed by atoms with van der Waals surface area (Å²) in [6.07, 6.45) is 9.63. The smallest absolute Gasteiger partial charge is 0.00225 e. The highest BCUT2D eigenvalue weighted by Gasteiger charge is 2.11. The summed E-state index contributed by atoms with van der Waals surface area (Å²) in [4.78, 5) is 0. The molecule has 0 bridgehead atoms. The van der Waals surface area contributed by atoms with Gasteiger partial charge in [-0.15, -0.1) is 0 Å². The van der Waals surface area contributed by atoms with Gasteiger partial charge in [0.15, 0.2) is 0 Å². The minimum Gasteiger partial charge on any atom is -0.314 e. The number of hydrogen-bond donors (Lipinski definition) is 1. The van der Waals surface area contributed by atoms with Gasteiger partial charge in [0.05, 0.1) is 0 Å². The summed E-state index contributed by atoms with van der Waals surface area (Å²) >= 11 is 0. The summed E-state index contributed by atoms with van der Waals surface area (Å²) in [5.74, 6) is 0.666. The topological polar surface area (TPSA) is 12.0 Å². The zero-order valence-corrected chi connectivity index (χ0v) is 14.6. The van der Waals surface area contributed by atoms with Crippen LogP contribution in [0, 0.1) is 6.92 Å². The molecule has 120 valence electrons. The van der Waals surface area contributed by atoms with Crippen molar-refractivity contribution in [2.75, 3.05) is 6.54 Å². The third kappa shape index (κ3) is 8.26. The largest absolute Gasteiger partial charge is 0.314 e. The first-order valence-electron chi connectivity index (χ1n) is 8.93. The molecule has 0 aliphatic heterocycles. The molecule has 0 saturated heterocycles. The van der Waals surface area contributed by atoms with Gasteiger partial charge in [-0.05, 0) is 24.8 Å². The van der Waals surface area contributed by atoms with Crippen LogP contribution in [0.25, 0.3) is 0 Å². The van der Waals surface area contributed by atoms with Gasteiger partial charge >= 0.3 is 0 Å². The lowest BCUT2D eigenvalue weighted by molar-refractivity contribution is 0.482. The van der Waals surface area contributed by atoms with Crippen molar-refractivity contribution in [1.82, 2.24) is 5.32 Å². The molecular formula is C20H35N. The fraction of sp³-hybridized carbons (Fsp3) is 0.700. The average molecular weight is 290 g/mol. The molecule has 0 aliphatic rings. The van der Waals surface area contributed by atoms with Crippen LogP contribution < -0.4 is 5.32 Å². The molecule has 0 spiro atoms. The third-order valence-electron chi connectivity index (χ3n) is 4.23. The number of benzene rings is 1. The van der Waals surface area contributed by atoms with E-state index in [9.17, 15) is 0 Å². The van der Waals surface area contributed by atoms with E-state index in [4.69, 9.17) is 0 Å². The van der Waals surface area contributed by atoms with E-state index in [-0.39, 0.29) is 0 Å². The van der Waals surface area contributed by atoms with Crippen LogP contribution in [0.4, 0.5) is 0 Å². The maximum absolute atomic E-state index is 3.62. The number of unbranched alkanes of at least 4 members (excludes halogenated alkanes) is 5. The van der Waals surface area contributed by atoms with E-state index in [0.717, 1.165) is 6.54 Å². The molecule has 1 rings (SSSR count). The quantitative estimate of drug-likeness (QED) is 0.506. The van der Waals surface area contributed by atoms with Crippen molar-refractivity contribution < 1.29 is 0 Å². The van der Waals surface area contributed by atoms with Gasteiger partial charge in [-0.25, -0.2) is 0 Å². The van der Waals surface area contributed by atoms with Crippen LogP contribution in [-0.2, 0) is 0 Å². The van der Waals surface area contributed by atoms with Gasteiger partial charge in [-0.3, -0.25) is 0 Å². The van der Waals surface area contributed by atoms with E-state index in [1.54, 1.807) is 0 Å². The Labute approximate surface area is 132 Å². The fourth-order valence-electron chi connectivity index (χ4n) is 2.77. The average Bonchev–Trinajstić information content (AvgIpc) is 2.46. The summed E-state index contributed by atoms with van der Waals surface area (Å²) < 4.78 is 0. The molecule has 0 saturated carbocycles. The van der Waals surface area contributed by atoms with Crippen molar-refractivity contribution >= 4 is 0 Å². The standard InChI is InChI=1S/C20H35N/c1-5-6-7-8-9-10-11-20(16-21-17(2)3)19-14-12-18(4)13-15-19/h12-15,17,20-21H,5-11,16H2,1-4H3. The summed E-state index contributed by atoms with van der Waals surface area (Å²) in [6, 6.07) is 9.71. The molecule has 0 fully saturated rings. The maximum Gasteiger partial charge on any atom is 0.00225 e. The molecule has 0 radical (unpaired) electrons. The molecule has 0 heterocycles. The molecule has 1 nitrogen and oxygen atoms in total. The number of hydrogen-bond acceptors (Lipinski definition) is 1. The Kier molecular flexibility index (Phi) is 9.41. The van der Waals surface area contributed by atoms with Gasteiger partial charge in [0.25, 0.3) is 0 Å². The van der Waals surface area contributed by atoms with Crippen LogP contribution >= 0.6 is 0 Å². The molecule has 1 unspecified atom stereocenters. The Balaban J connectivity index is 2.42. The molecule has 21 heavy (non-hydrogen) atoms. The number of rotatable bonds is 11. The SMILES string of the molecule is CCCCCCCCC(CNC(C)C)c1ccc(C)cc1. The number of aryl methyl sites for hydroxylation is 1. The monoisotopic (exact) mass is 289 g/mol. The first-order valence-corrected chi connectivity index (χ1v) is 8.93. The van der Waals surface area contributed by atoms with Crippen molar-refractivity contribution in [2.45, 2.75) is 84.6 Å². The maximum atomic E-state index is 3.62. The normalized spacial score (nSPS) is 12.8. The van der Waals surface area contributed by atoms with Crippen LogP contribution in [-0.4, -0.2) is 12.6 Å². The van der Waals surface area contributed by atoms with Gasteiger partial charge in [-0.2, -0.15) is 0 Å². The zero-order valence-electron chi connectivity index (χ0n) is 14.6. The number of nitrogens with one attached hydrogen (secondary N) is 1. The molecule has 0 aliphatic carbocycles. The van der Waals surface area contributed by atoms with E-state index >= 15 is 0 Å². The molecule has 1 aromatic carbocycles. The van der Waals surface area contributed by atoms with E-state index in [1.165, 1.54) is 56.1 Å². The van der Waals surface area contributed by atoms with Crippen LogP contribution in [0.2, 0.25) is 0 Å². The molecule has 1 aromatic rings. The first-order chi connectivity index (χ1) is 10.1. The van der Waals surface area contributed by atoms with Crippen molar-refractivity contribution in [1.29, 1.82) is 0 Å². The van der Waals surface area contributed by atoms with Gasteiger partial charge in [-0.1, -0.05) is 89.1 Å². The van der Waals surface area contributed by atoms with Crippen LogP contribution in [0.15, 0.2) is 24.3 Å². The van der Waals surface area contributed by atoms with E-state index in [1.807, 2.05) is 0 Å². The second kappa shape index (κ2) is 10.8. The zero-order chi connectivity index (χ0) is 15.5. The highest BCUT2D eigenvalue weighted by Crippen LogP contribution is 2.23. The summed E-state index contributed by atoms with van der Waals surface area (Å²) in [5, 5.41) is 3.62. The van der Waals surface area contributed by atoms with Crippen LogP contribution in [0.3, 0.4) is 0 Å².